The molecule has 0 spiro atoms. The highest BCUT2D eigenvalue weighted by Crippen LogP contribution is 2.32. The number of aryl methyl sites for hydroxylation is 1. The highest BCUT2D eigenvalue weighted by Gasteiger charge is 2.35. The molecule has 140 valence electrons. The minimum absolute atomic E-state index is 0.162. The van der Waals surface area contributed by atoms with Crippen molar-refractivity contribution in [1.29, 1.82) is 0 Å². The number of hydrogen-bond acceptors (Lipinski definition) is 4. The van der Waals surface area contributed by atoms with Crippen molar-refractivity contribution in [3.63, 3.8) is 0 Å². The summed E-state index contributed by atoms with van der Waals surface area (Å²) < 4.78 is 14.2. The largest absolute Gasteiger partial charge is 0.314 e. The zero-order chi connectivity index (χ0) is 18.8. The molecule has 2 saturated heterocycles. The van der Waals surface area contributed by atoms with Crippen LogP contribution in [0.1, 0.15) is 43.2 Å². The minimum atomic E-state index is -0.937. The Balaban J connectivity index is 1.89. The lowest BCUT2D eigenvalue weighted by atomic mass is 9.87. The lowest BCUT2D eigenvalue weighted by Crippen LogP contribution is -2.54. The standard InChI is InChI=1S/C19H24FN3O3/c1-11-9-13(14-7-8-21-10-15(14)20)3-4-16(11)23(12(2)24)17-5-6-18(25)22-19(17)26/h3-4,9,14-15,17,21H,5-8,10H2,1-2H3,(H,22,25,26). The molecule has 0 saturated carbocycles. The maximum atomic E-state index is 14.2. The molecule has 3 rings (SSSR count). The molecule has 2 N–H and O–H groups in total. The Labute approximate surface area is 152 Å². The molecule has 2 fully saturated rings. The molecule has 2 heterocycles. The zero-order valence-electron chi connectivity index (χ0n) is 15.0. The van der Waals surface area contributed by atoms with Gasteiger partial charge in [-0.25, -0.2) is 4.39 Å². The number of nitrogens with one attached hydrogen (secondary N) is 2. The predicted molar refractivity (Wildman–Crippen MR) is 95.6 cm³/mol. The SMILES string of the molecule is CC(=O)N(c1ccc(C2CCNCC2F)cc1C)C1CCC(=O)NC1=O. The van der Waals surface area contributed by atoms with Crippen LogP contribution in [0.3, 0.4) is 0 Å². The van der Waals surface area contributed by atoms with Gasteiger partial charge < -0.3 is 5.32 Å². The van der Waals surface area contributed by atoms with Crippen molar-refractivity contribution in [2.75, 3.05) is 18.0 Å². The third-order valence-corrected chi connectivity index (χ3v) is 5.18. The van der Waals surface area contributed by atoms with Crippen LogP contribution >= 0.6 is 0 Å². The van der Waals surface area contributed by atoms with Crippen LogP contribution in [0.25, 0.3) is 0 Å². The fourth-order valence-corrected chi connectivity index (χ4v) is 3.86. The summed E-state index contributed by atoms with van der Waals surface area (Å²) in [4.78, 5) is 37.3. The van der Waals surface area contributed by atoms with Crippen molar-refractivity contribution in [2.24, 2.45) is 0 Å². The molecule has 2 aliphatic rings. The molecule has 3 unspecified atom stereocenters. The number of anilines is 1. The van der Waals surface area contributed by atoms with Crippen molar-refractivity contribution in [2.45, 2.75) is 51.2 Å². The molecular formula is C19H24FN3O3. The van der Waals surface area contributed by atoms with E-state index in [-0.39, 0.29) is 24.2 Å². The number of alkyl halides is 1. The van der Waals surface area contributed by atoms with Crippen LogP contribution in [0.2, 0.25) is 0 Å². The van der Waals surface area contributed by atoms with E-state index in [1.54, 1.807) is 6.07 Å². The Bertz CT molecular complexity index is 737. The number of nitrogens with zero attached hydrogens (tertiary/aromatic N) is 1. The molecule has 0 bridgehead atoms. The average molecular weight is 361 g/mol. The van der Waals surface area contributed by atoms with Crippen molar-refractivity contribution in [3.05, 3.63) is 29.3 Å². The molecule has 3 atom stereocenters. The van der Waals surface area contributed by atoms with Crippen molar-refractivity contribution in [3.8, 4) is 0 Å². The lowest BCUT2D eigenvalue weighted by Gasteiger charge is -2.34. The quantitative estimate of drug-likeness (QED) is 0.801. The number of imide groups is 1. The van der Waals surface area contributed by atoms with Gasteiger partial charge in [0.2, 0.25) is 17.7 Å². The number of amides is 3. The van der Waals surface area contributed by atoms with Gasteiger partial charge in [-0.3, -0.25) is 24.6 Å². The van der Waals surface area contributed by atoms with E-state index >= 15 is 0 Å². The Kier molecular flexibility index (Phi) is 5.36. The van der Waals surface area contributed by atoms with E-state index in [0.717, 1.165) is 24.1 Å². The summed E-state index contributed by atoms with van der Waals surface area (Å²) in [6, 6.07) is 4.82. The number of hydrogen-bond donors (Lipinski definition) is 2. The molecule has 6 nitrogen and oxygen atoms in total. The Morgan fingerprint density at radius 1 is 1.27 bits per heavy atom. The first kappa shape index (κ1) is 18.5. The maximum Gasteiger partial charge on any atom is 0.249 e. The smallest absolute Gasteiger partial charge is 0.249 e. The van der Waals surface area contributed by atoms with Gasteiger partial charge in [-0.1, -0.05) is 12.1 Å². The van der Waals surface area contributed by atoms with E-state index in [1.807, 2.05) is 19.1 Å². The third-order valence-electron chi connectivity index (χ3n) is 5.18. The summed E-state index contributed by atoms with van der Waals surface area (Å²) in [6.45, 7) is 4.39. The Hall–Kier alpha value is -2.28. The normalized spacial score (nSPS) is 26.3. The minimum Gasteiger partial charge on any atom is -0.314 e. The third kappa shape index (κ3) is 3.62. The molecule has 26 heavy (non-hydrogen) atoms. The van der Waals surface area contributed by atoms with Gasteiger partial charge in [0, 0.05) is 31.5 Å². The van der Waals surface area contributed by atoms with Crippen LogP contribution in [0.5, 0.6) is 0 Å². The summed E-state index contributed by atoms with van der Waals surface area (Å²) in [7, 11) is 0. The number of benzene rings is 1. The fraction of sp³-hybridized carbons (Fsp3) is 0.526. The van der Waals surface area contributed by atoms with Crippen molar-refractivity contribution in [1.82, 2.24) is 10.6 Å². The summed E-state index contributed by atoms with van der Waals surface area (Å²) in [6.07, 6.45) is 0.291. The van der Waals surface area contributed by atoms with Gasteiger partial charge in [-0.2, -0.15) is 0 Å². The molecule has 0 aromatic heterocycles. The number of piperidine rings is 2. The van der Waals surface area contributed by atoms with Gasteiger partial charge in [-0.15, -0.1) is 0 Å². The van der Waals surface area contributed by atoms with Gasteiger partial charge in [0.05, 0.1) is 0 Å². The molecule has 1 aromatic carbocycles. The second-order valence-electron chi connectivity index (χ2n) is 7.02. The second kappa shape index (κ2) is 7.53. The Morgan fingerprint density at radius 3 is 2.65 bits per heavy atom. The van der Waals surface area contributed by atoms with E-state index in [0.29, 0.717) is 18.7 Å². The topological polar surface area (TPSA) is 78.5 Å². The van der Waals surface area contributed by atoms with E-state index in [9.17, 15) is 18.8 Å². The monoisotopic (exact) mass is 361 g/mol. The molecular weight excluding hydrogens is 337 g/mol. The van der Waals surface area contributed by atoms with Crippen molar-refractivity contribution >= 4 is 23.4 Å². The molecule has 3 amide bonds. The first-order valence-corrected chi connectivity index (χ1v) is 8.97. The number of rotatable bonds is 3. The highest BCUT2D eigenvalue weighted by atomic mass is 19.1. The predicted octanol–water partition coefficient (Wildman–Crippen LogP) is 1.57. The van der Waals surface area contributed by atoms with Gasteiger partial charge in [0.15, 0.2) is 0 Å². The lowest BCUT2D eigenvalue weighted by molar-refractivity contribution is -0.135. The summed E-state index contributed by atoms with van der Waals surface area (Å²) in [5.74, 6) is -1.20. The number of carbonyl (C=O) groups is 3. The molecule has 1 aromatic rings. The summed E-state index contributed by atoms with van der Waals surface area (Å²) in [5, 5.41) is 5.34. The molecule has 0 radical (unpaired) electrons. The number of halogens is 1. The first-order chi connectivity index (χ1) is 12.4. The van der Waals surface area contributed by atoms with Crippen LogP contribution in [-0.4, -0.2) is 43.0 Å². The maximum absolute atomic E-state index is 14.2. The van der Waals surface area contributed by atoms with E-state index in [2.05, 4.69) is 10.6 Å². The Morgan fingerprint density at radius 2 is 2.04 bits per heavy atom. The van der Waals surface area contributed by atoms with Crippen molar-refractivity contribution < 1.29 is 18.8 Å². The average Bonchev–Trinajstić information content (AvgIpc) is 2.58. The van der Waals surface area contributed by atoms with Crippen LogP contribution in [-0.2, 0) is 14.4 Å². The van der Waals surface area contributed by atoms with E-state index in [4.69, 9.17) is 0 Å². The molecule has 0 aliphatic carbocycles. The van der Waals surface area contributed by atoms with E-state index < -0.39 is 18.1 Å². The van der Waals surface area contributed by atoms with Gasteiger partial charge in [0.1, 0.15) is 12.2 Å². The second-order valence-corrected chi connectivity index (χ2v) is 7.02. The number of carbonyl (C=O) groups excluding carboxylic acids is 3. The van der Waals surface area contributed by atoms with E-state index in [1.165, 1.54) is 11.8 Å². The summed E-state index contributed by atoms with van der Waals surface area (Å²) >= 11 is 0. The van der Waals surface area contributed by atoms with Gasteiger partial charge >= 0.3 is 0 Å². The van der Waals surface area contributed by atoms with Crippen LogP contribution < -0.4 is 15.5 Å². The molecule has 7 heteroatoms. The van der Waals surface area contributed by atoms with Crippen LogP contribution in [0.4, 0.5) is 10.1 Å². The van der Waals surface area contributed by atoms with Crippen LogP contribution in [0.15, 0.2) is 18.2 Å². The van der Waals surface area contributed by atoms with Gasteiger partial charge in [-0.05, 0) is 43.5 Å². The first-order valence-electron chi connectivity index (χ1n) is 8.97. The summed E-state index contributed by atoms with van der Waals surface area (Å²) in [5.41, 5.74) is 2.35. The zero-order valence-corrected chi connectivity index (χ0v) is 15.0. The fourth-order valence-electron chi connectivity index (χ4n) is 3.86. The van der Waals surface area contributed by atoms with Gasteiger partial charge in [0.25, 0.3) is 0 Å². The molecule has 2 aliphatic heterocycles. The highest BCUT2D eigenvalue weighted by molar-refractivity contribution is 6.06. The van der Waals surface area contributed by atoms with Crippen LogP contribution in [0, 0.1) is 6.92 Å².